The van der Waals surface area contributed by atoms with Crippen molar-refractivity contribution in [1.82, 2.24) is 4.98 Å². The van der Waals surface area contributed by atoms with E-state index in [9.17, 15) is 4.39 Å². The smallest absolute Gasteiger partial charge is 0.142 e. The highest BCUT2D eigenvalue weighted by molar-refractivity contribution is 6.30. The number of nitrogens with zero attached hydrogens (tertiary/aromatic N) is 1. The molecule has 3 rings (SSSR count). The Labute approximate surface area is 148 Å². The topological polar surface area (TPSA) is 22.1 Å². The van der Waals surface area contributed by atoms with Gasteiger partial charge in [-0.3, -0.25) is 4.98 Å². The summed E-state index contributed by atoms with van der Waals surface area (Å²) in [6.07, 6.45) is 8.07. The first-order valence-electron chi connectivity index (χ1n) is 8.57. The Bertz CT molecular complexity index is 666. The summed E-state index contributed by atoms with van der Waals surface area (Å²) in [5.74, 6) is 0.979. The van der Waals surface area contributed by atoms with Gasteiger partial charge in [-0.25, -0.2) is 4.39 Å². The third-order valence-corrected chi connectivity index (χ3v) is 5.36. The molecule has 1 aromatic carbocycles. The summed E-state index contributed by atoms with van der Waals surface area (Å²) in [5.41, 5.74) is 2.83. The molecule has 1 fully saturated rings. The van der Waals surface area contributed by atoms with Gasteiger partial charge in [0.05, 0.1) is 10.7 Å². The monoisotopic (exact) mass is 347 g/mol. The molecule has 0 bridgehead atoms. The Balaban J connectivity index is 1.64. The minimum Gasteiger partial charge on any atom is -0.385 e. The minimum atomic E-state index is -0.408. The third-order valence-electron chi connectivity index (χ3n) is 5.05. The van der Waals surface area contributed by atoms with Crippen molar-refractivity contribution in [3.8, 4) is 11.3 Å². The van der Waals surface area contributed by atoms with E-state index in [4.69, 9.17) is 16.3 Å². The van der Waals surface area contributed by atoms with E-state index in [1.807, 2.05) is 12.3 Å². The molecule has 0 spiro atoms. The maximum atomic E-state index is 13.6. The fraction of sp³-hybridized carbons (Fsp3) is 0.450. The summed E-state index contributed by atoms with van der Waals surface area (Å²) in [5, 5.41) is 0.139. The van der Waals surface area contributed by atoms with Crippen molar-refractivity contribution in [3.63, 3.8) is 0 Å². The summed E-state index contributed by atoms with van der Waals surface area (Å²) in [4.78, 5) is 4.53. The van der Waals surface area contributed by atoms with Crippen molar-refractivity contribution < 1.29 is 9.13 Å². The average Bonchev–Trinajstić information content (AvgIpc) is 2.63. The highest BCUT2D eigenvalue weighted by Crippen LogP contribution is 2.37. The van der Waals surface area contributed by atoms with E-state index in [-0.39, 0.29) is 5.02 Å². The standard InChI is InChI=1S/C20H23ClFNO/c1-24-11-10-14-2-4-15(5-3-14)17-7-9-20(23-13-17)16-6-8-18(21)19(22)12-16/h6-9,12-15H,2-5,10-11H2,1H3/t14-,15-. The predicted octanol–water partition coefficient (Wildman–Crippen LogP) is 5.85. The van der Waals surface area contributed by atoms with Crippen LogP contribution < -0.4 is 0 Å². The Morgan fingerprint density at radius 1 is 1.17 bits per heavy atom. The van der Waals surface area contributed by atoms with Crippen molar-refractivity contribution in [3.05, 3.63) is 52.9 Å². The molecular formula is C20H23ClFNO. The second-order valence-corrected chi connectivity index (χ2v) is 7.01. The largest absolute Gasteiger partial charge is 0.385 e. The summed E-state index contributed by atoms with van der Waals surface area (Å²) >= 11 is 5.74. The molecule has 1 aliphatic carbocycles. The van der Waals surface area contributed by atoms with Gasteiger partial charge in [-0.2, -0.15) is 0 Å². The molecule has 0 amide bonds. The van der Waals surface area contributed by atoms with Crippen LogP contribution in [-0.2, 0) is 4.74 Å². The first kappa shape index (κ1) is 17.4. The molecule has 2 aromatic rings. The number of methoxy groups -OCH3 is 1. The van der Waals surface area contributed by atoms with Crippen molar-refractivity contribution in [1.29, 1.82) is 0 Å². The van der Waals surface area contributed by atoms with E-state index in [0.29, 0.717) is 5.92 Å². The number of rotatable bonds is 5. The van der Waals surface area contributed by atoms with Crippen LogP contribution in [0.5, 0.6) is 0 Å². The van der Waals surface area contributed by atoms with Crippen LogP contribution in [0.15, 0.2) is 36.5 Å². The maximum absolute atomic E-state index is 13.6. The van der Waals surface area contributed by atoms with E-state index in [2.05, 4.69) is 11.1 Å². The molecule has 0 N–H and O–H groups in total. The van der Waals surface area contributed by atoms with Crippen LogP contribution in [0.4, 0.5) is 4.39 Å². The lowest BCUT2D eigenvalue weighted by Gasteiger charge is -2.28. The van der Waals surface area contributed by atoms with E-state index in [1.165, 1.54) is 43.7 Å². The van der Waals surface area contributed by atoms with Gasteiger partial charge in [0.15, 0.2) is 0 Å². The van der Waals surface area contributed by atoms with Crippen molar-refractivity contribution in [2.45, 2.75) is 38.0 Å². The molecule has 0 atom stereocenters. The zero-order valence-corrected chi connectivity index (χ0v) is 14.7. The van der Waals surface area contributed by atoms with Gasteiger partial charge in [-0.1, -0.05) is 23.7 Å². The van der Waals surface area contributed by atoms with Crippen molar-refractivity contribution >= 4 is 11.6 Å². The number of pyridine rings is 1. The lowest BCUT2D eigenvalue weighted by atomic mass is 9.78. The van der Waals surface area contributed by atoms with E-state index >= 15 is 0 Å². The summed E-state index contributed by atoms with van der Waals surface area (Å²) in [6.45, 7) is 0.864. The van der Waals surface area contributed by atoms with Crippen LogP contribution in [0, 0.1) is 11.7 Å². The number of benzene rings is 1. The molecule has 4 heteroatoms. The molecule has 24 heavy (non-hydrogen) atoms. The molecule has 0 radical (unpaired) electrons. The Morgan fingerprint density at radius 2 is 1.96 bits per heavy atom. The minimum absolute atomic E-state index is 0.139. The fourth-order valence-corrected chi connectivity index (χ4v) is 3.66. The van der Waals surface area contributed by atoms with Crippen LogP contribution in [0.25, 0.3) is 11.3 Å². The first-order valence-corrected chi connectivity index (χ1v) is 8.95. The lowest BCUT2D eigenvalue weighted by molar-refractivity contribution is 0.163. The summed E-state index contributed by atoms with van der Waals surface area (Å²) < 4.78 is 18.8. The highest BCUT2D eigenvalue weighted by atomic mass is 35.5. The Kier molecular flexibility index (Phi) is 5.85. The summed E-state index contributed by atoms with van der Waals surface area (Å²) in [7, 11) is 1.77. The van der Waals surface area contributed by atoms with Gasteiger partial charge < -0.3 is 4.74 Å². The zero-order valence-electron chi connectivity index (χ0n) is 14.0. The number of hydrogen-bond donors (Lipinski definition) is 0. The van der Waals surface area contributed by atoms with Gasteiger partial charge in [0.25, 0.3) is 0 Å². The Hall–Kier alpha value is -1.45. The predicted molar refractivity (Wildman–Crippen MR) is 95.8 cm³/mol. The van der Waals surface area contributed by atoms with Crippen LogP contribution in [0.1, 0.15) is 43.6 Å². The van der Waals surface area contributed by atoms with Crippen LogP contribution in [0.3, 0.4) is 0 Å². The van der Waals surface area contributed by atoms with E-state index < -0.39 is 5.82 Å². The van der Waals surface area contributed by atoms with Gasteiger partial charge in [0.1, 0.15) is 5.82 Å². The number of hydrogen-bond acceptors (Lipinski definition) is 2. The molecule has 0 unspecified atom stereocenters. The van der Waals surface area contributed by atoms with E-state index in [1.54, 1.807) is 19.2 Å². The second-order valence-electron chi connectivity index (χ2n) is 6.60. The highest BCUT2D eigenvalue weighted by Gasteiger charge is 2.22. The molecule has 1 aromatic heterocycles. The quantitative estimate of drug-likeness (QED) is 0.676. The van der Waals surface area contributed by atoms with Gasteiger partial charge in [0.2, 0.25) is 0 Å². The molecule has 1 heterocycles. The van der Waals surface area contributed by atoms with Gasteiger partial charge in [-0.15, -0.1) is 0 Å². The molecule has 0 saturated heterocycles. The van der Waals surface area contributed by atoms with Gasteiger partial charge in [0, 0.05) is 25.5 Å². The van der Waals surface area contributed by atoms with Crippen molar-refractivity contribution in [2.24, 2.45) is 5.92 Å². The molecular weight excluding hydrogens is 325 g/mol. The second kappa shape index (κ2) is 8.09. The number of ether oxygens (including phenoxy) is 1. The van der Waals surface area contributed by atoms with Gasteiger partial charge in [-0.05, 0) is 67.7 Å². The average molecular weight is 348 g/mol. The Morgan fingerprint density at radius 3 is 2.58 bits per heavy atom. The first-order chi connectivity index (χ1) is 11.7. The van der Waals surface area contributed by atoms with Crippen LogP contribution in [0.2, 0.25) is 5.02 Å². The molecule has 2 nitrogen and oxygen atoms in total. The number of halogens is 2. The third kappa shape index (κ3) is 4.14. The van der Waals surface area contributed by atoms with Gasteiger partial charge >= 0.3 is 0 Å². The summed E-state index contributed by atoms with van der Waals surface area (Å²) in [6, 6.07) is 8.92. The lowest BCUT2D eigenvalue weighted by Crippen LogP contribution is -2.15. The SMILES string of the molecule is COCC[C@H]1CC[C@H](c2ccc(-c3ccc(Cl)c(F)c3)nc2)CC1. The normalized spacial score (nSPS) is 21.0. The fourth-order valence-electron chi connectivity index (χ4n) is 3.54. The van der Waals surface area contributed by atoms with Crippen LogP contribution >= 0.6 is 11.6 Å². The maximum Gasteiger partial charge on any atom is 0.142 e. The molecule has 0 aliphatic heterocycles. The number of aromatic nitrogens is 1. The molecule has 128 valence electrons. The molecule has 1 aliphatic rings. The van der Waals surface area contributed by atoms with Crippen LogP contribution in [-0.4, -0.2) is 18.7 Å². The zero-order chi connectivity index (χ0) is 16.9. The van der Waals surface area contributed by atoms with Crippen molar-refractivity contribution in [2.75, 3.05) is 13.7 Å². The molecule has 1 saturated carbocycles. The van der Waals surface area contributed by atoms with E-state index in [0.717, 1.165) is 23.8 Å².